The highest BCUT2D eigenvalue weighted by molar-refractivity contribution is 7.90. The first-order valence-electron chi connectivity index (χ1n) is 5.66. The molecule has 1 atom stereocenters. The number of hydrogen-bond acceptors (Lipinski definition) is 3. The minimum atomic E-state index is -2.96. The average molecular weight is 255 g/mol. The number of nitrogens with two attached hydrogens (primary N) is 1. The number of hydrogen-bond donors (Lipinski definition) is 1. The van der Waals surface area contributed by atoms with Crippen LogP contribution in [0.5, 0.6) is 0 Å². The molecule has 0 amide bonds. The molecule has 0 aliphatic heterocycles. The van der Waals surface area contributed by atoms with Gasteiger partial charge in [-0.3, -0.25) is 0 Å². The van der Waals surface area contributed by atoms with E-state index in [2.05, 4.69) is 0 Å². The van der Waals surface area contributed by atoms with E-state index in [1.807, 2.05) is 39.0 Å². The predicted molar refractivity (Wildman–Crippen MR) is 71.8 cm³/mol. The minimum absolute atomic E-state index is 0.118. The summed E-state index contributed by atoms with van der Waals surface area (Å²) in [5, 5.41) is 0. The fourth-order valence-corrected chi connectivity index (χ4v) is 2.43. The van der Waals surface area contributed by atoms with E-state index in [9.17, 15) is 8.42 Å². The van der Waals surface area contributed by atoms with Crippen molar-refractivity contribution in [2.45, 2.75) is 32.7 Å². The van der Waals surface area contributed by atoms with Gasteiger partial charge in [0.25, 0.3) is 0 Å². The molecule has 1 aromatic rings. The molecule has 0 saturated heterocycles. The van der Waals surface area contributed by atoms with Crippen molar-refractivity contribution in [3.05, 3.63) is 34.9 Å². The molecule has 96 valence electrons. The van der Waals surface area contributed by atoms with Crippen molar-refractivity contribution in [3.8, 4) is 0 Å². The van der Waals surface area contributed by atoms with Gasteiger partial charge in [-0.15, -0.1) is 0 Å². The summed E-state index contributed by atoms with van der Waals surface area (Å²) in [5.41, 5.74) is 8.99. The van der Waals surface area contributed by atoms with Crippen LogP contribution in [0.2, 0.25) is 0 Å². The zero-order valence-electron chi connectivity index (χ0n) is 10.9. The van der Waals surface area contributed by atoms with Crippen LogP contribution in [0.3, 0.4) is 0 Å². The van der Waals surface area contributed by atoms with Gasteiger partial charge >= 0.3 is 0 Å². The Morgan fingerprint density at radius 3 is 2.29 bits per heavy atom. The van der Waals surface area contributed by atoms with E-state index in [1.165, 1.54) is 17.4 Å². The molecule has 0 heterocycles. The van der Waals surface area contributed by atoms with Crippen LogP contribution in [-0.2, 0) is 15.4 Å². The van der Waals surface area contributed by atoms with Crippen molar-refractivity contribution in [2.75, 3.05) is 12.0 Å². The van der Waals surface area contributed by atoms with Gasteiger partial charge in [0.05, 0.1) is 5.75 Å². The highest BCUT2D eigenvalue weighted by Crippen LogP contribution is 2.24. The summed E-state index contributed by atoms with van der Waals surface area (Å²) >= 11 is 0. The summed E-state index contributed by atoms with van der Waals surface area (Å²) in [6, 6.07) is 6.04. The third kappa shape index (κ3) is 4.13. The Balaban J connectivity index is 2.92. The minimum Gasteiger partial charge on any atom is -0.322 e. The van der Waals surface area contributed by atoms with E-state index in [1.54, 1.807) is 0 Å². The summed E-state index contributed by atoms with van der Waals surface area (Å²) < 4.78 is 22.3. The Bertz CT molecular complexity index is 504. The SMILES string of the molecule is Cc1ccc(C(C)(N)CCS(C)(=O)=O)cc1C. The normalized spacial score (nSPS) is 15.6. The van der Waals surface area contributed by atoms with Crippen LogP contribution in [0.1, 0.15) is 30.0 Å². The lowest BCUT2D eigenvalue weighted by Crippen LogP contribution is -2.35. The molecule has 4 heteroatoms. The first-order valence-corrected chi connectivity index (χ1v) is 7.72. The molecule has 0 saturated carbocycles. The fraction of sp³-hybridized carbons (Fsp3) is 0.538. The lowest BCUT2D eigenvalue weighted by molar-refractivity contribution is 0.473. The molecule has 1 rings (SSSR count). The molecular weight excluding hydrogens is 234 g/mol. The van der Waals surface area contributed by atoms with Crippen molar-refractivity contribution < 1.29 is 8.42 Å². The molecule has 0 aliphatic rings. The van der Waals surface area contributed by atoms with Crippen molar-refractivity contribution in [3.63, 3.8) is 0 Å². The molecule has 17 heavy (non-hydrogen) atoms. The summed E-state index contributed by atoms with van der Waals surface area (Å²) in [5.74, 6) is 0.118. The second-order valence-corrected chi connectivity index (χ2v) is 7.36. The van der Waals surface area contributed by atoms with Gasteiger partial charge < -0.3 is 5.73 Å². The monoisotopic (exact) mass is 255 g/mol. The quantitative estimate of drug-likeness (QED) is 0.894. The summed E-state index contributed by atoms with van der Waals surface area (Å²) in [6.45, 7) is 5.96. The van der Waals surface area contributed by atoms with E-state index in [-0.39, 0.29) is 5.75 Å². The Morgan fingerprint density at radius 2 is 1.82 bits per heavy atom. The zero-order valence-corrected chi connectivity index (χ0v) is 11.8. The maximum absolute atomic E-state index is 11.2. The van der Waals surface area contributed by atoms with E-state index >= 15 is 0 Å². The van der Waals surface area contributed by atoms with Gasteiger partial charge in [0.1, 0.15) is 9.84 Å². The van der Waals surface area contributed by atoms with Crippen molar-refractivity contribution in [2.24, 2.45) is 5.73 Å². The molecule has 2 N–H and O–H groups in total. The first kappa shape index (κ1) is 14.2. The molecule has 0 aliphatic carbocycles. The molecule has 0 aromatic heterocycles. The molecule has 3 nitrogen and oxygen atoms in total. The zero-order chi connectivity index (χ0) is 13.3. The Kier molecular flexibility index (Phi) is 3.99. The topological polar surface area (TPSA) is 60.2 Å². The van der Waals surface area contributed by atoms with Crippen LogP contribution < -0.4 is 5.73 Å². The Morgan fingerprint density at radius 1 is 1.24 bits per heavy atom. The smallest absolute Gasteiger partial charge is 0.147 e. The Labute approximate surface area is 104 Å². The second-order valence-electron chi connectivity index (χ2n) is 5.10. The molecule has 0 radical (unpaired) electrons. The van der Waals surface area contributed by atoms with Crippen LogP contribution in [-0.4, -0.2) is 20.4 Å². The third-order valence-electron chi connectivity index (χ3n) is 3.16. The Hall–Kier alpha value is -0.870. The van der Waals surface area contributed by atoms with E-state index < -0.39 is 15.4 Å². The standard InChI is InChI=1S/C13H21NO2S/c1-10-5-6-12(9-11(10)2)13(3,14)7-8-17(4,15)16/h5-6,9H,7-8,14H2,1-4H3. The summed E-state index contributed by atoms with van der Waals surface area (Å²) in [4.78, 5) is 0. The average Bonchev–Trinajstić information content (AvgIpc) is 2.18. The van der Waals surface area contributed by atoms with Crippen LogP contribution in [0.4, 0.5) is 0 Å². The number of sulfone groups is 1. The molecule has 0 bridgehead atoms. The van der Waals surface area contributed by atoms with E-state index in [4.69, 9.17) is 5.73 Å². The van der Waals surface area contributed by atoms with Gasteiger partial charge in [-0.2, -0.15) is 0 Å². The van der Waals surface area contributed by atoms with Crippen LogP contribution in [0.25, 0.3) is 0 Å². The van der Waals surface area contributed by atoms with Gasteiger partial charge in [0, 0.05) is 11.8 Å². The van der Waals surface area contributed by atoms with Crippen molar-refractivity contribution in [1.82, 2.24) is 0 Å². The summed E-state index contributed by atoms with van der Waals surface area (Å²) in [6.07, 6.45) is 1.68. The van der Waals surface area contributed by atoms with Gasteiger partial charge in [-0.1, -0.05) is 18.2 Å². The number of rotatable bonds is 4. The van der Waals surface area contributed by atoms with Crippen molar-refractivity contribution >= 4 is 9.84 Å². The van der Waals surface area contributed by atoms with Gasteiger partial charge in [-0.25, -0.2) is 8.42 Å². The number of benzene rings is 1. The second kappa shape index (κ2) is 4.78. The molecule has 0 fully saturated rings. The maximum atomic E-state index is 11.2. The molecular formula is C13H21NO2S. The van der Waals surface area contributed by atoms with Crippen LogP contribution in [0, 0.1) is 13.8 Å². The fourth-order valence-electron chi connectivity index (χ4n) is 1.64. The van der Waals surface area contributed by atoms with Crippen LogP contribution in [0.15, 0.2) is 18.2 Å². The van der Waals surface area contributed by atoms with Gasteiger partial charge in [0.2, 0.25) is 0 Å². The third-order valence-corrected chi connectivity index (χ3v) is 4.10. The molecule has 1 unspecified atom stereocenters. The largest absolute Gasteiger partial charge is 0.322 e. The van der Waals surface area contributed by atoms with Gasteiger partial charge in [-0.05, 0) is 43.9 Å². The first-order chi connectivity index (χ1) is 7.62. The highest BCUT2D eigenvalue weighted by atomic mass is 32.2. The number of aryl methyl sites for hydroxylation is 2. The maximum Gasteiger partial charge on any atom is 0.147 e. The lowest BCUT2D eigenvalue weighted by Gasteiger charge is -2.25. The van der Waals surface area contributed by atoms with Crippen LogP contribution >= 0.6 is 0 Å². The van der Waals surface area contributed by atoms with Gasteiger partial charge in [0.15, 0.2) is 0 Å². The molecule has 1 aromatic carbocycles. The van der Waals surface area contributed by atoms with E-state index in [0.717, 1.165) is 5.56 Å². The highest BCUT2D eigenvalue weighted by Gasteiger charge is 2.23. The molecule has 0 spiro atoms. The summed E-state index contributed by atoms with van der Waals surface area (Å²) in [7, 11) is -2.96. The van der Waals surface area contributed by atoms with Crippen molar-refractivity contribution in [1.29, 1.82) is 0 Å². The lowest BCUT2D eigenvalue weighted by atomic mass is 9.88. The van der Waals surface area contributed by atoms with E-state index in [0.29, 0.717) is 6.42 Å². The predicted octanol–water partition coefficient (Wildman–Crippen LogP) is 1.91.